The third kappa shape index (κ3) is 3.95. The summed E-state index contributed by atoms with van der Waals surface area (Å²) in [6.45, 7) is 1.87. The van der Waals surface area contributed by atoms with Crippen LogP contribution in [0.5, 0.6) is 6.01 Å². The van der Waals surface area contributed by atoms with Crippen LogP contribution in [0.1, 0.15) is 41.0 Å². The van der Waals surface area contributed by atoms with Crippen molar-refractivity contribution in [2.24, 2.45) is 5.92 Å². The normalized spacial score (nSPS) is 21.8. The minimum absolute atomic E-state index is 0.0161. The van der Waals surface area contributed by atoms with Gasteiger partial charge in [0.15, 0.2) is 5.69 Å². The summed E-state index contributed by atoms with van der Waals surface area (Å²) in [5.74, 6) is -0.196. The van der Waals surface area contributed by atoms with E-state index in [1.54, 1.807) is 37.3 Å². The Kier molecular flexibility index (Phi) is 5.41. The molecule has 3 aromatic rings. The number of alkyl halides is 3. The molecule has 2 aliphatic heterocycles. The van der Waals surface area contributed by atoms with E-state index in [0.29, 0.717) is 28.9 Å². The SMILES string of the molecule is Cc1cc(-c2ccccc2C(=O)N2C3CCC2C(COc2nccc(C(F)(F)F)n2)C3)n(O)n1. The molecule has 4 heterocycles. The number of hydrogen-bond donors (Lipinski definition) is 1. The maximum Gasteiger partial charge on any atom is 0.433 e. The zero-order valence-corrected chi connectivity index (χ0v) is 18.2. The van der Waals surface area contributed by atoms with Gasteiger partial charge in [0.2, 0.25) is 0 Å². The molecule has 3 unspecified atom stereocenters. The number of halogens is 3. The summed E-state index contributed by atoms with van der Waals surface area (Å²) in [6.07, 6.45) is -1.23. The van der Waals surface area contributed by atoms with Crippen LogP contribution in [0.2, 0.25) is 0 Å². The first-order valence-corrected chi connectivity index (χ1v) is 10.9. The second-order valence-electron chi connectivity index (χ2n) is 8.65. The largest absolute Gasteiger partial charge is 0.463 e. The zero-order chi connectivity index (χ0) is 24.0. The first-order valence-electron chi connectivity index (χ1n) is 10.9. The summed E-state index contributed by atoms with van der Waals surface area (Å²) >= 11 is 0. The van der Waals surface area contributed by atoms with E-state index in [1.165, 1.54) is 0 Å². The van der Waals surface area contributed by atoms with Gasteiger partial charge in [-0.15, -0.1) is 9.94 Å². The highest BCUT2D eigenvalue weighted by molar-refractivity contribution is 6.01. The Morgan fingerprint density at radius 1 is 1.24 bits per heavy atom. The molecule has 3 atom stereocenters. The van der Waals surface area contributed by atoms with Gasteiger partial charge in [0.05, 0.1) is 12.3 Å². The van der Waals surface area contributed by atoms with E-state index in [2.05, 4.69) is 15.1 Å². The second kappa shape index (κ2) is 8.30. The summed E-state index contributed by atoms with van der Waals surface area (Å²) in [6, 6.07) is 9.13. The minimum Gasteiger partial charge on any atom is -0.463 e. The number of rotatable bonds is 5. The maximum absolute atomic E-state index is 13.6. The average molecular weight is 473 g/mol. The van der Waals surface area contributed by atoms with Crippen LogP contribution in [0.25, 0.3) is 11.3 Å². The molecule has 0 aliphatic carbocycles. The molecule has 34 heavy (non-hydrogen) atoms. The fraction of sp³-hybridized carbons (Fsp3) is 0.391. The fourth-order valence-corrected chi connectivity index (χ4v) is 5.06. The van der Waals surface area contributed by atoms with Crippen LogP contribution in [-0.4, -0.2) is 54.6 Å². The van der Waals surface area contributed by atoms with Gasteiger partial charge in [-0.05, 0) is 44.4 Å². The van der Waals surface area contributed by atoms with E-state index in [-0.39, 0.29) is 36.5 Å². The van der Waals surface area contributed by atoms with Gasteiger partial charge in [0.1, 0.15) is 5.69 Å². The van der Waals surface area contributed by atoms with Crippen molar-refractivity contribution in [1.29, 1.82) is 0 Å². The average Bonchev–Trinajstić information content (AvgIpc) is 3.48. The number of carbonyl (C=O) groups is 1. The lowest BCUT2D eigenvalue weighted by Gasteiger charge is -2.25. The van der Waals surface area contributed by atoms with Crippen molar-refractivity contribution in [1.82, 2.24) is 24.8 Å². The fourth-order valence-electron chi connectivity index (χ4n) is 5.06. The van der Waals surface area contributed by atoms with Gasteiger partial charge in [0.25, 0.3) is 5.91 Å². The maximum atomic E-state index is 13.6. The predicted molar refractivity (Wildman–Crippen MR) is 113 cm³/mol. The summed E-state index contributed by atoms with van der Waals surface area (Å²) in [7, 11) is 0. The highest BCUT2D eigenvalue weighted by atomic mass is 19.4. The molecular weight excluding hydrogens is 451 g/mol. The van der Waals surface area contributed by atoms with Crippen molar-refractivity contribution in [3.8, 4) is 17.3 Å². The predicted octanol–water partition coefficient (Wildman–Crippen LogP) is 3.98. The van der Waals surface area contributed by atoms with E-state index in [4.69, 9.17) is 4.74 Å². The monoisotopic (exact) mass is 473 g/mol. The van der Waals surface area contributed by atoms with Crippen molar-refractivity contribution in [2.75, 3.05) is 6.61 Å². The molecule has 1 aromatic carbocycles. The molecular formula is C23H22F3N5O3. The van der Waals surface area contributed by atoms with Crippen LogP contribution in [0.4, 0.5) is 13.2 Å². The molecule has 0 spiro atoms. The van der Waals surface area contributed by atoms with Crippen molar-refractivity contribution in [3.05, 3.63) is 59.5 Å². The van der Waals surface area contributed by atoms with Gasteiger partial charge in [0, 0.05) is 35.3 Å². The van der Waals surface area contributed by atoms with Gasteiger partial charge in [-0.25, -0.2) is 4.98 Å². The molecule has 2 aromatic heterocycles. The van der Waals surface area contributed by atoms with Crippen molar-refractivity contribution in [3.63, 3.8) is 0 Å². The number of carbonyl (C=O) groups excluding carboxylic acids is 1. The third-order valence-electron chi connectivity index (χ3n) is 6.50. The topological polar surface area (TPSA) is 93.4 Å². The summed E-state index contributed by atoms with van der Waals surface area (Å²) < 4.78 is 44.2. The van der Waals surface area contributed by atoms with Crippen molar-refractivity contribution >= 4 is 5.91 Å². The van der Waals surface area contributed by atoms with Crippen LogP contribution in [0.15, 0.2) is 42.6 Å². The Hall–Kier alpha value is -3.63. The lowest BCUT2D eigenvalue weighted by Crippen LogP contribution is -2.37. The molecule has 11 heteroatoms. The Morgan fingerprint density at radius 3 is 2.76 bits per heavy atom. The number of aromatic nitrogens is 4. The number of nitrogens with zero attached hydrogens (tertiary/aromatic N) is 5. The molecule has 1 amide bonds. The second-order valence-corrected chi connectivity index (χ2v) is 8.65. The van der Waals surface area contributed by atoms with Crippen molar-refractivity contribution in [2.45, 2.75) is 44.4 Å². The van der Waals surface area contributed by atoms with Crippen LogP contribution < -0.4 is 4.74 Å². The molecule has 178 valence electrons. The quantitative estimate of drug-likeness (QED) is 0.564. The smallest absolute Gasteiger partial charge is 0.433 e. The number of fused-ring (bicyclic) bond motifs is 2. The van der Waals surface area contributed by atoms with E-state index >= 15 is 0 Å². The molecule has 2 aliphatic rings. The number of amides is 1. The van der Waals surface area contributed by atoms with Crippen LogP contribution in [0.3, 0.4) is 0 Å². The third-order valence-corrected chi connectivity index (χ3v) is 6.50. The van der Waals surface area contributed by atoms with E-state index in [0.717, 1.165) is 29.9 Å². The first-order chi connectivity index (χ1) is 16.2. The Labute approximate surface area is 193 Å². The van der Waals surface area contributed by atoms with E-state index in [9.17, 15) is 23.2 Å². The molecule has 5 rings (SSSR count). The minimum atomic E-state index is -4.58. The summed E-state index contributed by atoms with van der Waals surface area (Å²) in [4.78, 5) is 23.5. The highest BCUT2D eigenvalue weighted by Crippen LogP contribution is 2.43. The molecule has 0 saturated carbocycles. The first kappa shape index (κ1) is 22.2. The van der Waals surface area contributed by atoms with Crippen LogP contribution in [0, 0.1) is 12.8 Å². The zero-order valence-electron chi connectivity index (χ0n) is 18.2. The van der Waals surface area contributed by atoms with Gasteiger partial charge in [-0.3, -0.25) is 4.79 Å². The number of ether oxygens (including phenoxy) is 1. The lowest BCUT2D eigenvalue weighted by molar-refractivity contribution is -0.141. The number of aryl methyl sites for hydroxylation is 1. The molecule has 1 N–H and O–H groups in total. The standard InChI is InChI=1S/C23H22F3N5O3/c1-13-10-19(31(33)29-13)16-4-2-3-5-17(16)21(32)30-15-6-7-18(30)14(11-15)12-34-22-27-9-8-20(28-22)23(24,25)26/h2-5,8-10,14-15,18,33H,6-7,11-12H2,1H3. The van der Waals surface area contributed by atoms with Crippen LogP contribution >= 0.6 is 0 Å². The van der Waals surface area contributed by atoms with E-state index in [1.807, 2.05) is 4.90 Å². The van der Waals surface area contributed by atoms with Gasteiger partial charge < -0.3 is 14.8 Å². The molecule has 2 fully saturated rings. The Balaban J connectivity index is 1.34. The Morgan fingerprint density at radius 2 is 2.03 bits per heavy atom. The molecule has 2 saturated heterocycles. The lowest BCUT2D eigenvalue weighted by atomic mass is 9.90. The van der Waals surface area contributed by atoms with Gasteiger partial charge in [-0.1, -0.05) is 18.2 Å². The molecule has 8 nitrogen and oxygen atoms in total. The molecule has 0 radical (unpaired) electrons. The molecule has 2 bridgehead atoms. The number of hydrogen-bond acceptors (Lipinski definition) is 6. The number of benzene rings is 1. The van der Waals surface area contributed by atoms with Crippen molar-refractivity contribution < 1.29 is 27.9 Å². The summed E-state index contributed by atoms with van der Waals surface area (Å²) in [5.41, 5.74) is 1.02. The Bertz CT molecular complexity index is 1230. The van der Waals surface area contributed by atoms with Gasteiger partial charge in [-0.2, -0.15) is 18.2 Å². The van der Waals surface area contributed by atoms with Crippen LogP contribution in [-0.2, 0) is 6.18 Å². The highest BCUT2D eigenvalue weighted by Gasteiger charge is 2.49. The summed E-state index contributed by atoms with van der Waals surface area (Å²) in [5, 5.41) is 14.1. The van der Waals surface area contributed by atoms with E-state index < -0.39 is 11.9 Å². The van der Waals surface area contributed by atoms with Gasteiger partial charge >= 0.3 is 12.2 Å².